The van der Waals surface area contributed by atoms with Crippen LogP contribution >= 0.6 is 0 Å². The standard InChI is InChI=1S/C30H27FN6O4/c31-24-13-19(15-32)1-2-22(24)18-41-30-33-9-5-25(35-30)20-6-10-36(11-7-20)17-28-34-26-4-3-21(29(38)39)14-27(26)37(28)16-23-8-12-40-23/h1-6,9,13-14,23H,7-8,10-12,16-18H2,(H,38,39). The van der Waals surface area contributed by atoms with Gasteiger partial charge in [-0.1, -0.05) is 12.1 Å². The number of aromatic carboxylic acids is 1. The molecule has 2 aliphatic rings. The van der Waals surface area contributed by atoms with Gasteiger partial charge in [0.15, 0.2) is 0 Å². The molecule has 1 fully saturated rings. The summed E-state index contributed by atoms with van der Waals surface area (Å²) in [5.74, 6) is -0.594. The van der Waals surface area contributed by atoms with Crippen LogP contribution in [0, 0.1) is 17.1 Å². The highest BCUT2D eigenvalue weighted by Gasteiger charge is 2.24. The summed E-state index contributed by atoms with van der Waals surface area (Å²) in [6.45, 7) is 3.42. The first-order chi connectivity index (χ1) is 20.0. The fourth-order valence-electron chi connectivity index (χ4n) is 5.02. The Kier molecular flexibility index (Phi) is 7.41. The molecule has 208 valence electrons. The summed E-state index contributed by atoms with van der Waals surface area (Å²) in [7, 11) is 0. The Morgan fingerprint density at radius 1 is 1.22 bits per heavy atom. The van der Waals surface area contributed by atoms with Crippen molar-refractivity contribution in [2.45, 2.75) is 38.6 Å². The number of hydrogen-bond donors (Lipinski definition) is 1. The average molecular weight is 555 g/mol. The molecule has 2 aliphatic heterocycles. The number of carbonyl (C=O) groups is 1. The van der Waals surface area contributed by atoms with E-state index in [0.29, 0.717) is 25.2 Å². The first kappa shape index (κ1) is 26.6. The van der Waals surface area contributed by atoms with E-state index in [1.165, 1.54) is 12.1 Å². The molecule has 2 aromatic heterocycles. The zero-order valence-corrected chi connectivity index (χ0v) is 22.2. The summed E-state index contributed by atoms with van der Waals surface area (Å²) in [4.78, 5) is 27.4. The molecular formula is C30H27FN6O4. The third-order valence-electron chi connectivity index (χ3n) is 7.41. The van der Waals surface area contributed by atoms with Crippen molar-refractivity contribution in [2.75, 3.05) is 19.7 Å². The van der Waals surface area contributed by atoms with Gasteiger partial charge in [-0.3, -0.25) is 4.90 Å². The molecule has 0 spiro atoms. The summed E-state index contributed by atoms with van der Waals surface area (Å²) < 4.78 is 27.6. The molecule has 10 nitrogen and oxygen atoms in total. The fourth-order valence-corrected chi connectivity index (χ4v) is 5.02. The van der Waals surface area contributed by atoms with Crippen molar-refractivity contribution in [1.29, 1.82) is 5.26 Å². The van der Waals surface area contributed by atoms with Crippen LogP contribution in [-0.2, 0) is 24.4 Å². The van der Waals surface area contributed by atoms with Crippen molar-refractivity contribution in [2.24, 2.45) is 0 Å². The number of imidazole rings is 1. The molecule has 0 aliphatic carbocycles. The number of fused-ring (bicyclic) bond motifs is 1. The molecule has 4 aromatic rings. The van der Waals surface area contributed by atoms with Crippen LogP contribution in [0.1, 0.15) is 45.8 Å². The van der Waals surface area contributed by atoms with E-state index in [-0.39, 0.29) is 29.8 Å². The summed E-state index contributed by atoms with van der Waals surface area (Å²) >= 11 is 0. The number of nitrogens with zero attached hydrogens (tertiary/aromatic N) is 6. The van der Waals surface area contributed by atoms with Gasteiger partial charge in [0.25, 0.3) is 0 Å². The molecule has 0 amide bonds. The van der Waals surface area contributed by atoms with Crippen molar-refractivity contribution < 1.29 is 23.8 Å². The lowest BCUT2D eigenvalue weighted by molar-refractivity contribution is -0.0591. The number of aromatic nitrogens is 4. The van der Waals surface area contributed by atoms with Gasteiger partial charge in [-0.15, -0.1) is 0 Å². The van der Waals surface area contributed by atoms with E-state index in [1.54, 1.807) is 30.5 Å². The first-order valence-electron chi connectivity index (χ1n) is 13.4. The smallest absolute Gasteiger partial charge is 0.335 e. The fraction of sp³-hybridized carbons (Fsp3) is 0.300. The highest BCUT2D eigenvalue weighted by atomic mass is 19.1. The molecule has 0 radical (unpaired) electrons. The van der Waals surface area contributed by atoms with E-state index in [4.69, 9.17) is 19.7 Å². The van der Waals surface area contributed by atoms with Crippen LogP contribution in [0.3, 0.4) is 0 Å². The second-order valence-corrected chi connectivity index (χ2v) is 10.1. The molecule has 2 aromatic carbocycles. The maximum absolute atomic E-state index is 14.2. The van der Waals surface area contributed by atoms with Gasteiger partial charge in [-0.05, 0) is 54.8 Å². The van der Waals surface area contributed by atoms with Gasteiger partial charge in [0, 0.05) is 31.5 Å². The zero-order chi connectivity index (χ0) is 28.3. The highest BCUT2D eigenvalue weighted by Crippen LogP contribution is 2.26. The Labute approximate surface area is 235 Å². The van der Waals surface area contributed by atoms with Gasteiger partial charge in [-0.2, -0.15) is 10.2 Å². The number of carboxylic acids is 1. The van der Waals surface area contributed by atoms with Crippen molar-refractivity contribution in [3.05, 3.63) is 88.8 Å². The minimum atomic E-state index is -0.963. The number of benzene rings is 2. The number of rotatable bonds is 9. The predicted molar refractivity (Wildman–Crippen MR) is 146 cm³/mol. The van der Waals surface area contributed by atoms with E-state index in [9.17, 15) is 14.3 Å². The summed E-state index contributed by atoms with van der Waals surface area (Å²) in [6.07, 6.45) is 5.59. The van der Waals surface area contributed by atoms with E-state index < -0.39 is 11.8 Å². The average Bonchev–Trinajstić information content (AvgIpc) is 3.30. The van der Waals surface area contributed by atoms with Gasteiger partial charge in [0.2, 0.25) is 0 Å². The van der Waals surface area contributed by atoms with Gasteiger partial charge < -0.3 is 19.1 Å². The Balaban J connectivity index is 1.14. The van der Waals surface area contributed by atoms with Crippen LogP contribution < -0.4 is 4.74 Å². The largest absolute Gasteiger partial charge is 0.478 e. The lowest BCUT2D eigenvalue weighted by atomic mass is 10.0. The lowest BCUT2D eigenvalue weighted by Gasteiger charge is -2.29. The first-order valence-corrected chi connectivity index (χ1v) is 13.4. The Bertz CT molecular complexity index is 1690. The van der Waals surface area contributed by atoms with Gasteiger partial charge in [0.1, 0.15) is 18.2 Å². The molecule has 11 heteroatoms. The maximum Gasteiger partial charge on any atom is 0.335 e. The van der Waals surface area contributed by atoms with Gasteiger partial charge in [-0.25, -0.2) is 19.2 Å². The normalized spacial score (nSPS) is 17.1. The molecule has 0 bridgehead atoms. The quantitative estimate of drug-likeness (QED) is 0.324. The Morgan fingerprint density at radius 3 is 2.80 bits per heavy atom. The minimum absolute atomic E-state index is 0.0469. The van der Waals surface area contributed by atoms with Crippen LogP contribution in [0.5, 0.6) is 6.01 Å². The highest BCUT2D eigenvalue weighted by molar-refractivity contribution is 5.92. The van der Waals surface area contributed by atoms with Crippen LogP contribution in [-0.4, -0.2) is 61.3 Å². The van der Waals surface area contributed by atoms with E-state index in [0.717, 1.165) is 54.1 Å². The number of carboxylic acid groups (broad SMARTS) is 1. The molecule has 1 N–H and O–H groups in total. The SMILES string of the molecule is N#Cc1ccc(COc2nccc(C3=CCN(Cc4nc5ccc(C(=O)O)cc5n4CC4CCO4)CC3)n2)c(F)c1. The zero-order valence-electron chi connectivity index (χ0n) is 22.2. The molecule has 0 saturated carbocycles. The second-order valence-electron chi connectivity index (χ2n) is 10.1. The van der Waals surface area contributed by atoms with E-state index >= 15 is 0 Å². The van der Waals surface area contributed by atoms with Crippen molar-refractivity contribution in [1.82, 2.24) is 24.4 Å². The van der Waals surface area contributed by atoms with Crippen LogP contribution in [0.2, 0.25) is 0 Å². The Hall–Kier alpha value is -4.66. The number of nitriles is 1. The number of ether oxygens (including phenoxy) is 2. The monoisotopic (exact) mass is 554 g/mol. The third-order valence-corrected chi connectivity index (χ3v) is 7.41. The minimum Gasteiger partial charge on any atom is -0.478 e. The molecular weight excluding hydrogens is 527 g/mol. The van der Waals surface area contributed by atoms with Crippen LogP contribution in [0.25, 0.3) is 16.6 Å². The Morgan fingerprint density at radius 2 is 2.10 bits per heavy atom. The molecule has 1 atom stereocenters. The number of halogens is 1. The predicted octanol–water partition coefficient (Wildman–Crippen LogP) is 4.19. The van der Waals surface area contributed by atoms with Crippen molar-refractivity contribution in [3.63, 3.8) is 0 Å². The third kappa shape index (κ3) is 5.79. The lowest BCUT2D eigenvalue weighted by Crippen LogP contribution is -2.33. The van der Waals surface area contributed by atoms with Crippen molar-refractivity contribution >= 4 is 22.6 Å². The van der Waals surface area contributed by atoms with Crippen molar-refractivity contribution in [3.8, 4) is 12.1 Å². The second kappa shape index (κ2) is 11.4. The molecule has 1 saturated heterocycles. The van der Waals surface area contributed by atoms with E-state index in [1.807, 2.05) is 12.1 Å². The van der Waals surface area contributed by atoms with Gasteiger partial charge >= 0.3 is 12.0 Å². The topological polar surface area (TPSA) is 126 Å². The summed E-state index contributed by atoms with van der Waals surface area (Å²) in [6, 6.07) is 13.2. The van der Waals surface area contributed by atoms with Crippen LogP contribution in [0.4, 0.5) is 4.39 Å². The van der Waals surface area contributed by atoms with E-state index in [2.05, 4.69) is 25.5 Å². The molecule has 1 unspecified atom stereocenters. The maximum atomic E-state index is 14.2. The number of hydrogen-bond acceptors (Lipinski definition) is 8. The summed E-state index contributed by atoms with van der Waals surface area (Å²) in [5, 5.41) is 18.4. The van der Waals surface area contributed by atoms with Gasteiger partial charge in [0.05, 0.1) is 53.1 Å². The summed E-state index contributed by atoms with van der Waals surface area (Å²) in [5.41, 5.74) is 4.20. The molecule has 6 rings (SSSR count). The molecule has 41 heavy (non-hydrogen) atoms. The molecule has 4 heterocycles. The van der Waals surface area contributed by atoms with Crippen LogP contribution in [0.15, 0.2) is 54.7 Å².